The number of guanidine groups is 1. The zero-order chi connectivity index (χ0) is 18.5. The Hall–Kier alpha value is -1.11. The molecule has 0 radical (unpaired) electrons. The minimum absolute atomic E-state index is 0.741. The molecule has 2 heterocycles. The molecule has 6 heteroatoms. The number of piperidine rings is 1. The maximum absolute atomic E-state index is 5.59. The fourth-order valence-electron chi connectivity index (χ4n) is 3.16. The van der Waals surface area contributed by atoms with Crippen LogP contribution in [0.4, 0.5) is 0 Å². The lowest BCUT2D eigenvalue weighted by molar-refractivity contribution is 0.129. The van der Waals surface area contributed by atoms with Gasteiger partial charge in [0.15, 0.2) is 5.96 Å². The van der Waals surface area contributed by atoms with Crippen molar-refractivity contribution < 1.29 is 4.74 Å². The van der Waals surface area contributed by atoms with Crippen LogP contribution in [-0.4, -0.2) is 57.3 Å². The van der Waals surface area contributed by atoms with Gasteiger partial charge in [0, 0.05) is 44.8 Å². The maximum Gasteiger partial charge on any atom is 0.190 e. The van der Waals surface area contributed by atoms with Gasteiger partial charge < -0.3 is 15.4 Å². The fourth-order valence-corrected chi connectivity index (χ4v) is 3.91. The van der Waals surface area contributed by atoms with Crippen molar-refractivity contribution in [2.24, 2.45) is 10.9 Å². The van der Waals surface area contributed by atoms with Crippen LogP contribution in [0.1, 0.15) is 43.9 Å². The third-order valence-corrected chi connectivity index (χ3v) is 5.71. The summed E-state index contributed by atoms with van der Waals surface area (Å²) in [6.07, 6.45) is 5.90. The van der Waals surface area contributed by atoms with Crippen LogP contribution in [-0.2, 0) is 11.3 Å². The Bertz CT molecular complexity index is 484. The lowest BCUT2D eigenvalue weighted by Gasteiger charge is -2.32. The maximum atomic E-state index is 5.59. The van der Waals surface area contributed by atoms with Crippen molar-refractivity contribution in [2.75, 3.05) is 46.4 Å². The molecule has 0 aromatic carbocycles. The smallest absolute Gasteiger partial charge is 0.190 e. The van der Waals surface area contributed by atoms with Crippen LogP contribution in [0.15, 0.2) is 22.5 Å². The highest BCUT2D eigenvalue weighted by Gasteiger charge is 2.19. The van der Waals surface area contributed by atoms with Crippen LogP contribution in [0.2, 0.25) is 0 Å². The summed E-state index contributed by atoms with van der Waals surface area (Å²) in [6, 6.07) is 4.38. The molecule has 1 aliphatic rings. The van der Waals surface area contributed by atoms with Crippen molar-refractivity contribution in [2.45, 2.75) is 45.6 Å². The van der Waals surface area contributed by atoms with E-state index in [-0.39, 0.29) is 0 Å². The summed E-state index contributed by atoms with van der Waals surface area (Å²) in [5.41, 5.74) is 0. The van der Waals surface area contributed by atoms with Gasteiger partial charge in [-0.05, 0) is 56.1 Å². The molecule has 1 aliphatic heterocycles. The van der Waals surface area contributed by atoms with Gasteiger partial charge in [-0.25, -0.2) is 0 Å². The van der Waals surface area contributed by atoms with Gasteiger partial charge in [0.25, 0.3) is 0 Å². The monoisotopic (exact) mass is 380 g/mol. The first-order chi connectivity index (χ1) is 12.8. The lowest BCUT2D eigenvalue weighted by Crippen LogP contribution is -2.43. The number of ether oxygens (including phenoxy) is 1. The van der Waals surface area contributed by atoms with Gasteiger partial charge in [-0.1, -0.05) is 19.4 Å². The summed E-state index contributed by atoms with van der Waals surface area (Å²) in [6.45, 7) is 9.33. The van der Waals surface area contributed by atoms with E-state index >= 15 is 0 Å². The highest BCUT2D eigenvalue weighted by atomic mass is 32.1. The molecule has 0 aliphatic carbocycles. The first-order valence-corrected chi connectivity index (χ1v) is 11.0. The molecule has 0 spiro atoms. The molecule has 5 nitrogen and oxygen atoms in total. The SMILES string of the molecule is CCCCOCCCNC(=NC)NCC1CCN(Cc2cccs2)CC1. The van der Waals surface area contributed by atoms with Crippen molar-refractivity contribution in [3.8, 4) is 0 Å². The van der Waals surface area contributed by atoms with E-state index in [0.29, 0.717) is 0 Å². The second kappa shape index (κ2) is 13.1. The molecule has 26 heavy (non-hydrogen) atoms. The molecule has 0 bridgehead atoms. The number of nitrogens with one attached hydrogen (secondary N) is 2. The summed E-state index contributed by atoms with van der Waals surface area (Å²) in [5.74, 6) is 1.66. The van der Waals surface area contributed by atoms with E-state index in [2.05, 4.69) is 45.0 Å². The van der Waals surface area contributed by atoms with Gasteiger partial charge in [0.1, 0.15) is 0 Å². The van der Waals surface area contributed by atoms with Gasteiger partial charge >= 0.3 is 0 Å². The number of hydrogen-bond donors (Lipinski definition) is 2. The highest BCUT2D eigenvalue weighted by molar-refractivity contribution is 7.09. The third-order valence-electron chi connectivity index (χ3n) is 4.85. The molecule has 2 N–H and O–H groups in total. The Kier molecular flexibility index (Phi) is 10.7. The number of rotatable bonds is 11. The summed E-state index contributed by atoms with van der Waals surface area (Å²) in [7, 11) is 1.84. The summed E-state index contributed by atoms with van der Waals surface area (Å²) >= 11 is 1.86. The van der Waals surface area contributed by atoms with Crippen LogP contribution in [0.3, 0.4) is 0 Å². The quantitative estimate of drug-likeness (QED) is 0.351. The van der Waals surface area contributed by atoms with Crippen LogP contribution in [0, 0.1) is 5.92 Å². The molecule has 1 aromatic heterocycles. The Morgan fingerprint density at radius 2 is 2.08 bits per heavy atom. The third kappa shape index (κ3) is 8.52. The van der Waals surface area contributed by atoms with Crippen LogP contribution >= 0.6 is 11.3 Å². The Morgan fingerprint density at radius 3 is 2.77 bits per heavy atom. The van der Waals surface area contributed by atoms with Gasteiger partial charge in [-0.2, -0.15) is 0 Å². The average Bonchev–Trinajstić information content (AvgIpc) is 3.17. The molecule has 1 aromatic rings. The van der Waals surface area contributed by atoms with Gasteiger partial charge in [0.2, 0.25) is 0 Å². The minimum atomic E-state index is 0.741. The van der Waals surface area contributed by atoms with Crippen molar-refractivity contribution in [1.82, 2.24) is 15.5 Å². The van der Waals surface area contributed by atoms with Crippen LogP contribution in [0.5, 0.6) is 0 Å². The summed E-state index contributed by atoms with van der Waals surface area (Å²) < 4.78 is 5.59. The van der Waals surface area contributed by atoms with Crippen molar-refractivity contribution >= 4 is 17.3 Å². The Balaban J connectivity index is 1.52. The van der Waals surface area contributed by atoms with Crippen LogP contribution in [0.25, 0.3) is 0 Å². The largest absolute Gasteiger partial charge is 0.381 e. The van der Waals surface area contributed by atoms with E-state index < -0.39 is 0 Å². The minimum Gasteiger partial charge on any atom is -0.381 e. The molecule has 0 atom stereocenters. The number of nitrogens with zero attached hydrogens (tertiary/aromatic N) is 2. The van der Waals surface area contributed by atoms with Gasteiger partial charge in [0.05, 0.1) is 0 Å². The molecular weight excluding hydrogens is 344 g/mol. The number of aliphatic imine (C=N–C) groups is 1. The zero-order valence-electron chi connectivity index (χ0n) is 16.5. The summed E-state index contributed by atoms with van der Waals surface area (Å²) in [4.78, 5) is 8.38. The molecule has 0 unspecified atom stereocenters. The van der Waals surface area contributed by atoms with E-state index in [4.69, 9.17) is 4.74 Å². The first kappa shape index (κ1) is 21.2. The average molecular weight is 381 g/mol. The van der Waals surface area contributed by atoms with E-state index in [1.165, 1.54) is 37.2 Å². The fraction of sp³-hybridized carbons (Fsp3) is 0.750. The Labute approximate surface area is 163 Å². The van der Waals surface area contributed by atoms with E-state index in [1.54, 1.807) is 0 Å². The van der Waals surface area contributed by atoms with Crippen molar-refractivity contribution in [1.29, 1.82) is 0 Å². The predicted octanol–water partition coefficient (Wildman–Crippen LogP) is 3.33. The number of likely N-dealkylation sites (tertiary alicyclic amines) is 1. The molecule has 1 fully saturated rings. The second-order valence-electron chi connectivity index (χ2n) is 7.00. The van der Waals surface area contributed by atoms with E-state index in [9.17, 15) is 0 Å². The standard InChI is InChI=1S/C20H36N4OS/c1-3-4-13-25-14-6-10-22-20(21-2)23-16-18-8-11-24(12-9-18)17-19-7-5-15-26-19/h5,7,15,18H,3-4,6,8-14,16-17H2,1-2H3,(H2,21,22,23). The highest BCUT2D eigenvalue weighted by Crippen LogP contribution is 2.20. The molecular formula is C20H36N4OS. The molecule has 0 saturated carbocycles. The lowest BCUT2D eigenvalue weighted by atomic mass is 9.97. The second-order valence-corrected chi connectivity index (χ2v) is 8.03. The van der Waals surface area contributed by atoms with Gasteiger partial charge in [-0.3, -0.25) is 9.89 Å². The number of hydrogen-bond acceptors (Lipinski definition) is 4. The van der Waals surface area contributed by atoms with E-state index in [0.717, 1.165) is 57.6 Å². The zero-order valence-corrected chi connectivity index (χ0v) is 17.3. The Morgan fingerprint density at radius 1 is 1.27 bits per heavy atom. The predicted molar refractivity (Wildman–Crippen MR) is 112 cm³/mol. The summed E-state index contributed by atoms with van der Waals surface area (Å²) in [5, 5.41) is 9.05. The van der Waals surface area contributed by atoms with Crippen molar-refractivity contribution in [3.05, 3.63) is 22.4 Å². The van der Waals surface area contributed by atoms with Crippen LogP contribution < -0.4 is 10.6 Å². The molecule has 0 amide bonds. The van der Waals surface area contributed by atoms with Crippen molar-refractivity contribution in [3.63, 3.8) is 0 Å². The molecule has 148 valence electrons. The first-order valence-electron chi connectivity index (χ1n) is 10.1. The number of unbranched alkanes of at least 4 members (excludes halogenated alkanes) is 1. The molecule has 2 rings (SSSR count). The normalized spacial score (nSPS) is 16.8. The number of thiophene rings is 1. The molecule has 1 saturated heterocycles. The topological polar surface area (TPSA) is 48.9 Å². The van der Waals surface area contributed by atoms with E-state index in [1.807, 2.05) is 18.4 Å². The van der Waals surface area contributed by atoms with Gasteiger partial charge in [-0.15, -0.1) is 11.3 Å².